The zero-order valence-electron chi connectivity index (χ0n) is 25.0. The molecule has 1 aromatic carbocycles. The van der Waals surface area contributed by atoms with Gasteiger partial charge in [-0.3, -0.25) is 14.5 Å². The molecular weight excluding hydrogens is 518 g/mol. The summed E-state index contributed by atoms with van der Waals surface area (Å²) in [7, 11) is 0. The number of nitrogens with zero attached hydrogens (tertiary/aromatic N) is 3. The second-order valence-corrected chi connectivity index (χ2v) is 13.7. The standard InChI is InChI=1S/C34H54ClN3O2/c1-2-3-4-5-6-9-15-22-36-26-29(35)20-21-31(36)33-23-32(38(40-33)30-18-13-7-8-14-19-30)34(39)37-24-28(25-37)27-16-11-10-12-17-27/h10-12,16-17,28-33H,2-9,13-15,18-26H2,1H3. The fourth-order valence-electron chi connectivity index (χ4n) is 7.66. The largest absolute Gasteiger partial charge is 0.340 e. The Morgan fingerprint density at radius 3 is 2.30 bits per heavy atom. The molecule has 3 saturated heterocycles. The van der Waals surface area contributed by atoms with E-state index >= 15 is 0 Å². The first kappa shape index (κ1) is 30.3. The number of amides is 1. The summed E-state index contributed by atoms with van der Waals surface area (Å²) >= 11 is 6.71. The van der Waals surface area contributed by atoms with Crippen LogP contribution in [0.5, 0.6) is 0 Å². The third kappa shape index (κ3) is 7.82. The normalized spacial score (nSPS) is 29.4. The van der Waals surface area contributed by atoms with Crippen LogP contribution in [0.4, 0.5) is 0 Å². The van der Waals surface area contributed by atoms with Crippen molar-refractivity contribution in [2.75, 3.05) is 26.2 Å². The van der Waals surface area contributed by atoms with E-state index in [4.69, 9.17) is 16.4 Å². The molecule has 224 valence electrons. The molecule has 0 bridgehead atoms. The lowest BCUT2D eigenvalue weighted by Gasteiger charge is -2.42. The first-order valence-electron chi connectivity index (χ1n) is 16.8. The fraction of sp³-hybridized carbons (Fsp3) is 0.794. The van der Waals surface area contributed by atoms with Gasteiger partial charge in [0.1, 0.15) is 6.04 Å². The van der Waals surface area contributed by atoms with E-state index in [0.29, 0.717) is 23.9 Å². The molecule has 6 heteroatoms. The maximum Gasteiger partial charge on any atom is 0.242 e. The minimum Gasteiger partial charge on any atom is -0.340 e. The van der Waals surface area contributed by atoms with Gasteiger partial charge in [0.2, 0.25) is 5.91 Å². The maximum atomic E-state index is 14.0. The molecule has 1 amide bonds. The molecular formula is C34H54ClN3O2. The number of hydrogen-bond acceptors (Lipinski definition) is 4. The smallest absolute Gasteiger partial charge is 0.242 e. The molecule has 5 nitrogen and oxygen atoms in total. The number of hydrogen-bond donors (Lipinski definition) is 0. The Morgan fingerprint density at radius 2 is 1.57 bits per heavy atom. The number of rotatable bonds is 12. The summed E-state index contributed by atoms with van der Waals surface area (Å²) in [5.74, 6) is 0.759. The maximum absolute atomic E-state index is 14.0. The Bertz CT molecular complexity index is 886. The average Bonchev–Trinajstić information content (AvgIpc) is 3.20. The highest BCUT2D eigenvalue weighted by molar-refractivity contribution is 6.20. The molecule has 3 heterocycles. The van der Waals surface area contributed by atoms with Crippen LogP contribution in [-0.4, -0.2) is 76.6 Å². The highest BCUT2D eigenvalue weighted by atomic mass is 35.5. The van der Waals surface area contributed by atoms with Crippen LogP contribution in [0.25, 0.3) is 0 Å². The number of benzene rings is 1. The minimum atomic E-state index is -0.140. The van der Waals surface area contributed by atoms with E-state index in [1.165, 1.54) is 76.2 Å². The fourth-order valence-corrected chi connectivity index (χ4v) is 7.96. The van der Waals surface area contributed by atoms with E-state index in [-0.39, 0.29) is 17.5 Å². The van der Waals surface area contributed by atoms with E-state index in [2.05, 4.69) is 52.1 Å². The van der Waals surface area contributed by atoms with E-state index in [9.17, 15) is 4.79 Å². The first-order valence-corrected chi connectivity index (χ1v) is 17.2. The molecule has 0 radical (unpaired) electrons. The summed E-state index contributed by atoms with van der Waals surface area (Å²) in [6, 6.07) is 11.3. The first-order chi connectivity index (χ1) is 19.6. The van der Waals surface area contributed by atoms with Crippen molar-refractivity contribution < 1.29 is 9.63 Å². The zero-order valence-corrected chi connectivity index (χ0v) is 25.8. The Kier molecular flexibility index (Phi) is 11.6. The molecule has 0 N–H and O–H groups in total. The van der Waals surface area contributed by atoms with Gasteiger partial charge in [0, 0.05) is 49.4 Å². The second kappa shape index (κ2) is 15.4. The topological polar surface area (TPSA) is 36.0 Å². The Labute approximate surface area is 248 Å². The van der Waals surface area contributed by atoms with Gasteiger partial charge in [-0.2, -0.15) is 5.06 Å². The van der Waals surface area contributed by atoms with Gasteiger partial charge in [-0.05, 0) is 44.2 Å². The van der Waals surface area contributed by atoms with Gasteiger partial charge in [0.25, 0.3) is 0 Å². The highest BCUT2D eigenvalue weighted by Crippen LogP contribution is 2.38. The Morgan fingerprint density at radius 1 is 0.875 bits per heavy atom. The number of unbranched alkanes of at least 4 members (excludes halogenated alkanes) is 6. The van der Waals surface area contributed by atoms with Gasteiger partial charge in [-0.1, -0.05) is 101 Å². The van der Waals surface area contributed by atoms with Crippen LogP contribution in [0.1, 0.15) is 121 Å². The lowest BCUT2D eigenvalue weighted by Crippen LogP contribution is -2.55. The van der Waals surface area contributed by atoms with Crippen LogP contribution >= 0.6 is 11.6 Å². The predicted molar refractivity (Wildman–Crippen MR) is 165 cm³/mol. The van der Waals surface area contributed by atoms with Gasteiger partial charge in [-0.25, -0.2) is 0 Å². The molecule has 0 spiro atoms. The lowest BCUT2D eigenvalue weighted by atomic mass is 9.89. The van der Waals surface area contributed by atoms with Crippen molar-refractivity contribution >= 4 is 17.5 Å². The van der Waals surface area contributed by atoms with Gasteiger partial charge < -0.3 is 4.90 Å². The van der Waals surface area contributed by atoms with Gasteiger partial charge in [-0.15, -0.1) is 11.6 Å². The predicted octanol–water partition coefficient (Wildman–Crippen LogP) is 7.53. The van der Waals surface area contributed by atoms with Crippen molar-refractivity contribution in [1.82, 2.24) is 14.9 Å². The number of hydroxylamine groups is 2. The molecule has 0 aromatic heterocycles. The van der Waals surface area contributed by atoms with E-state index in [1.807, 2.05) is 0 Å². The quantitative estimate of drug-likeness (QED) is 0.147. The summed E-state index contributed by atoms with van der Waals surface area (Å²) < 4.78 is 0. The van der Waals surface area contributed by atoms with Crippen LogP contribution in [0.2, 0.25) is 0 Å². The molecule has 40 heavy (non-hydrogen) atoms. The van der Waals surface area contributed by atoms with Crippen LogP contribution in [0, 0.1) is 0 Å². The second-order valence-electron chi connectivity index (χ2n) is 13.1. The van der Waals surface area contributed by atoms with E-state index in [1.54, 1.807) is 0 Å². The Hall–Kier alpha value is -1.14. The lowest BCUT2D eigenvalue weighted by molar-refractivity contribution is -0.209. The third-order valence-corrected chi connectivity index (χ3v) is 10.5. The number of piperidine rings is 1. The number of halogens is 1. The van der Waals surface area contributed by atoms with E-state index < -0.39 is 0 Å². The van der Waals surface area contributed by atoms with Crippen molar-refractivity contribution in [2.45, 2.75) is 145 Å². The van der Waals surface area contributed by atoms with Crippen molar-refractivity contribution in [3.8, 4) is 0 Å². The molecule has 4 aliphatic rings. The number of carbonyl (C=O) groups is 1. The van der Waals surface area contributed by atoms with Crippen molar-refractivity contribution in [2.24, 2.45) is 0 Å². The molecule has 5 rings (SSSR count). The summed E-state index contributed by atoms with van der Waals surface area (Å²) in [6.07, 6.45) is 19.8. The van der Waals surface area contributed by atoms with Crippen molar-refractivity contribution in [1.29, 1.82) is 0 Å². The van der Waals surface area contributed by atoms with Crippen molar-refractivity contribution in [3.63, 3.8) is 0 Å². The zero-order chi connectivity index (χ0) is 27.7. The van der Waals surface area contributed by atoms with Gasteiger partial charge in [0.15, 0.2) is 0 Å². The summed E-state index contributed by atoms with van der Waals surface area (Å²) in [5, 5.41) is 2.45. The van der Waals surface area contributed by atoms with Gasteiger partial charge in [0.05, 0.1) is 6.10 Å². The third-order valence-electron chi connectivity index (χ3n) is 10.1. The van der Waals surface area contributed by atoms with Crippen LogP contribution in [0.15, 0.2) is 30.3 Å². The Balaban J connectivity index is 1.22. The van der Waals surface area contributed by atoms with E-state index in [0.717, 1.165) is 58.3 Å². The molecule has 3 aliphatic heterocycles. The molecule has 4 atom stereocenters. The molecule has 1 aromatic rings. The van der Waals surface area contributed by atoms with Crippen LogP contribution in [-0.2, 0) is 9.63 Å². The van der Waals surface area contributed by atoms with Gasteiger partial charge >= 0.3 is 0 Å². The number of carbonyl (C=O) groups excluding carboxylic acids is 1. The highest BCUT2D eigenvalue weighted by Gasteiger charge is 2.49. The van der Waals surface area contributed by atoms with Crippen LogP contribution in [0.3, 0.4) is 0 Å². The molecule has 1 aliphatic carbocycles. The number of likely N-dealkylation sites (tertiary alicyclic amines) is 2. The monoisotopic (exact) mass is 571 g/mol. The molecule has 1 saturated carbocycles. The molecule has 4 unspecified atom stereocenters. The van der Waals surface area contributed by atoms with Crippen LogP contribution < -0.4 is 0 Å². The molecule has 4 fully saturated rings. The SMILES string of the molecule is CCCCCCCCCN1CC(Cl)CCC1C1CC(C(=O)N2CC(c3ccccc3)C2)N(C2CCCCCC2)O1. The summed E-state index contributed by atoms with van der Waals surface area (Å²) in [6.45, 7) is 6.02. The van der Waals surface area contributed by atoms with Crippen molar-refractivity contribution in [3.05, 3.63) is 35.9 Å². The number of alkyl halides is 1. The summed E-state index contributed by atoms with van der Waals surface area (Å²) in [4.78, 5) is 25.6. The average molecular weight is 572 g/mol. The summed E-state index contributed by atoms with van der Waals surface area (Å²) in [5.41, 5.74) is 1.35. The minimum absolute atomic E-state index is 0.0946.